The van der Waals surface area contributed by atoms with E-state index in [2.05, 4.69) is 17.0 Å². The van der Waals surface area contributed by atoms with Crippen molar-refractivity contribution in [2.45, 2.75) is 71.6 Å². The largest absolute Gasteiger partial charge is 0.463 e. The maximum Gasteiger partial charge on any atom is 0.330 e. The number of amides is 3. The van der Waals surface area contributed by atoms with Gasteiger partial charge >= 0.3 is 11.9 Å². The molecule has 20 heteroatoms. The number of hydrazine groups is 1. The maximum atomic E-state index is 13.3. The Balaban J connectivity index is 1.04. The highest BCUT2D eigenvalue weighted by Gasteiger charge is 2.70. The van der Waals surface area contributed by atoms with Crippen molar-refractivity contribution in [2.24, 2.45) is 16.6 Å². The van der Waals surface area contributed by atoms with Gasteiger partial charge in [0.05, 0.1) is 13.0 Å². The molecule has 0 spiro atoms. The van der Waals surface area contributed by atoms with E-state index in [4.69, 9.17) is 21.1 Å². The van der Waals surface area contributed by atoms with Gasteiger partial charge in [0.25, 0.3) is 0 Å². The zero-order chi connectivity index (χ0) is 37.3. The average molecular weight is 784 g/mol. The Morgan fingerprint density at radius 3 is 2.29 bits per heavy atom. The van der Waals surface area contributed by atoms with E-state index >= 15 is 0 Å². The minimum absolute atomic E-state index is 0.0534. The molecule has 0 saturated carbocycles. The van der Waals surface area contributed by atoms with Crippen LogP contribution in [0.2, 0.25) is 0 Å². The van der Waals surface area contributed by atoms with Crippen LogP contribution in [0.1, 0.15) is 38.8 Å². The number of nitrogens with one attached hydrogen (secondary N) is 1. The van der Waals surface area contributed by atoms with Gasteiger partial charge in [-0.25, -0.2) is 23.8 Å². The molecule has 0 aromatic heterocycles. The summed E-state index contributed by atoms with van der Waals surface area (Å²) in [5.41, 5.74) is 6.72. The molecule has 4 heterocycles. The van der Waals surface area contributed by atoms with Crippen molar-refractivity contribution >= 4 is 79.6 Å². The Morgan fingerprint density at radius 1 is 1.10 bits per heavy atom. The summed E-state index contributed by atoms with van der Waals surface area (Å²) >= 11 is 1.41. The van der Waals surface area contributed by atoms with Crippen LogP contribution in [-0.4, -0.2) is 129 Å². The highest BCUT2D eigenvalue weighted by atomic mass is 33.1. The molecule has 1 aromatic rings. The van der Waals surface area contributed by atoms with Gasteiger partial charge in [0.1, 0.15) is 46.8 Å². The number of nitrogens with two attached hydrogens (primary N) is 2. The van der Waals surface area contributed by atoms with Crippen LogP contribution in [-0.2, 0) is 43.3 Å². The lowest BCUT2D eigenvalue weighted by Gasteiger charge is -2.44. The number of carbonyl (C=O) groups excluding carboxylic acids is 5. The number of hydrogen-bond acceptors (Lipinski definition) is 16. The van der Waals surface area contributed by atoms with Gasteiger partial charge in [0.2, 0.25) is 17.7 Å². The molecule has 0 radical (unpaired) electrons. The monoisotopic (exact) mass is 783 g/mol. The third kappa shape index (κ3) is 7.35. The second kappa shape index (κ2) is 15.4. The molecule has 0 aliphatic carbocycles. The standard InChI is InChI=1S/C31H41N7O9S4/c1-30(2)23(38-26(41)22(27(38)50-30)35-25(40)21(32)18-8-6-5-7-9-18)28(42)46-12-14-48-49-15-13-47-29(43)24-31(3,17-36(33)11-10-34-4)51(44,45)20-16-19(39)37(20)24/h5-11,20-24,27H,4,12-17,32-33H2,1-3H3,(H,35,40)/b11-10-/t20-,21?,22+,23?,24+,27+,31-/m0/s1. The smallest absolute Gasteiger partial charge is 0.330 e. The van der Waals surface area contributed by atoms with Crippen molar-refractivity contribution in [3.05, 3.63) is 48.3 Å². The first-order valence-electron chi connectivity index (χ1n) is 15.9. The molecule has 16 nitrogen and oxygen atoms in total. The van der Waals surface area contributed by atoms with Gasteiger partial charge < -0.3 is 35.3 Å². The van der Waals surface area contributed by atoms with Gasteiger partial charge in [-0.3, -0.25) is 19.4 Å². The highest BCUT2D eigenvalue weighted by molar-refractivity contribution is 8.76. The molecule has 51 heavy (non-hydrogen) atoms. The van der Waals surface area contributed by atoms with Crippen molar-refractivity contribution in [3.8, 4) is 0 Å². The number of fused-ring (bicyclic) bond motifs is 2. The molecule has 5 N–H and O–H groups in total. The predicted octanol–water partition coefficient (Wildman–Crippen LogP) is 0.163. The first-order valence-corrected chi connectivity index (χ1v) is 20.8. The molecular weight excluding hydrogens is 743 g/mol. The fraction of sp³-hybridized carbons (Fsp3) is 0.548. The summed E-state index contributed by atoms with van der Waals surface area (Å²) in [5.74, 6) is 3.98. The van der Waals surface area contributed by atoms with Crippen LogP contribution in [0.5, 0.6) is 0 Å². The fourth-order valence-electron chi connectivity index (χ4n) is 6.63. The molecule has 1 aromatic carbocycles. The first kappa shape index (κ1) is 38.9. The number of nitrogens with zero attached hydrogens (tertiary/aromatic N) is 4. The van der Waals surface area contributed by atoms with E-state index in [1.807, 2.05) is 19.9 Å². The Labute approximate surface area is 308 Å². The van der Waals surface area contributed by atoms with Gasteiger partial charge in [-0.2, -0.15) is 0 Å². The number of esters is 2. The summed E-state index contributed by atoms with van der Waals surface area (Å²) in [6.45, 7) is 8.11. The highest BCUT2D eigenvalue weighted by Crippen LogP contribution is 2.51. The fourth-order valence-corrected chi connectivity index (χ4v) is 12.3. The predicted molar refractivity (Wildman–Crippen MR) is 194 cm³/mol. The SMILES string of the molecule is C=N/C=C\N(N)C[C@@]1(C)[C@@H](C(=O)OCCSSCCOC(=O)C2N3C(=O)[C@@H](NC(=O)C(N)c4ccccc4)[C@H]3SC2(C)C)N2C(=O)C[C@@H]2S1(=O)=O. The van der Waals surface area contributed by atoms with E-state index in [0.29, 0.717) is 17.1 Å². The van der Waals surface area contributed by atoms with Crippen LogP contribution in [0.4, 0.5) is 0 Å². The number of benzene rings is 1. The molecule has 7 atom stereocenters. The Bertz CT molecular complexity index is 1700. The van der Waals surface area contributed by atoms with Crippen molar-refractivity contribution in [3.63, 3.8) is 0 Å². The lowest BCUT2D eigenvalue weighted by Crippen LogP contribution is -2.71. The molecule has 278 valence electrons. The van der Waals surface area contributed by atoms with Gasteiger partial charge in [0.15, 0.2) is 15.9 Å². The van der Waals surface area contributed by atoms with Crippen LogP contribution in [0, 0.1) is 0 Å². The van der Waals surface area contributed by atoms with E-state index in [9.17, 15) is 32.4 Å². The van der Waals surface area contributed by atoms with E-state index in [-0.39, 0.29) is 32.1 Å². The van der Waals surface area contributed by atoms with Crippen LogP contribution < -0.4 is 16.9 Å². The summed E-state index contributed by atoms with van der Waals surface area (Å²) in [5, 5.41) is 2.27. The number of sulfone groups is 1. The second-order valence-corrected chi connectivity index (χ2v) is 20.0. The average Bonchev–Trinajstić information content (AvgIpc) is 3.42. The number of hydrogen-bond donors (Lipinski definition) is 3. The lowest BCUT2D eigenvalue weighted by molar-refractivity contribution is -0.164. The van der Waals surface area contributed by atoms with E-state index in [1.165, 1.54) is 57.6 Å². The summed E-state index contributed by atoms with van der Waals surface area (Å²) < 4.78 is 35.2. The summed E-state index contributed by atoms with van der Waals surface area (Å²) in [6, 6.07) is 4.89. The zero-order valence-electron chi connectivity index (χ0n) is 28.2. The van der Waals surface area contributed by atoms with E-state index < -0.39 is 78.0 Å². The number of ether oxygens (including phenoxy) is 2. The Morgan fingerprint density at radius 2 is 1.71 bits per heavy atom. The third-order valence-electron chi connectivity index (χ3n) is 9.20. The summed E-state index contributed by atoms with van der Waals surface area (Å²) in [6.07, 6.45) is 2.38. The lowest BCUT2D eigenvalue weighted by atomic mass is 9.95. The van der Waals surface area contributed by atoms with Crippen molar-refractivity contribution in [1.82, 2.24) is 20.1 Å². The molecule has 4 aliphatic heterocycles. The number of aliphatic imine (C=N–C) groups is 1. The van der Waals surface area contributed by atoms with E-state index in [0.717, 1.165) is 9.91 Å². The number of thioether (sulfide) groups is 1. The quantitative estimate of drug-likeness (QED) is 0.0387. The van der Waals surface area contributed by atoms with Crippen LogP contribution in [0.25, 0.3) is 0 Å². The molecule has 2 unspecified atom stereocenters. The Hall–Kier alpha value is -3.30. The van der Waals surface area contributed by atoms with Gasteiger partial charge in [-0.05, 0) is 33.1 Å². The molecule has 5 rings (SSSR count). The van der Waals surface area contributed by atoms with Crippen LogP contribution >= 0.6 is 33.3 Å². The molecule has 0 bridgehead atoms. The maximum absolute atomic E-state index is 13.3. The number of rotatable bonds is 16. The summed E-state index contributed by atoms with van der Waals surface area (Å²) in [4.78, 5) is 70.7. The zero-order valence-corrected chi connectivity index (χ0v) is 31.5. The minimum Gasteiger partial charge on any atom is -0.463 e. The number of β-lactam (4-membered cyclic amide) rings is 2. The van der Waals surface area contributed by atoms with Crippen LogP contribution in [0.15, 0.2) is 47.7 Å². The van der Waals surface area contributed by atoms with Gasteiger partial charge in [-0.1, -0.05) is 51.9 Å². The number of carbonyl (C=O) groups is 5. The van der Waals surface area contributed by atoms with Crippen molar-refractivity contribution in [2.75, 3.05) is 31.3 Å². The second-order valence-electron chi connectivity index (χ2n) is 13.0. The first-order chi connectivity index (χ1) is 24.1. The van der Waals surface area contributed by atoms with Crippen molar-refractivity contribution < 1.29 is 41.9 Å². The summed E-state index contributed by atoms with van der Waals surface area (Å²) in [7, 11) is -1.24. The van der Waals surface area contributed by atoms with Gasteiger partial charge in [0, 0.05) is 28.7 Å². The van der Waals surface area contributed by atoms with Crippen LogP contribution in [0.3, 0.4) is 0 Å². The molecule has 4 fully saturated rings. The minimum atomic E-state index is -3.96. The van der Waals surface area contributed by atoms with E-state index in [1.54, 1.807) is 24.3 Å². The molecule has 3 amide bonds. The normalized spacial score (nSPS) is 29.0. The molecule has 4 aliphatic rings. The van der Waals surface area contributed by atoms with Gasteiger partial charge in [-0.15, -0.1) is 11.8 Å². The molecular formula is C31H41N7O9S4. The Kier molecular flexibility index (Phi) is 11.7. The molecule has 4 saturated heterocycles. The van der Waals surface area contributed by atoms with Crippen molar-refractivity contribution in [1.29, 1.82) is 0 Å². The topological polar surface area (TPSA) is 224 Å². The third-order valence-corrected chi connectivity index (χ3v) is 15.9.